The summed E-state index contributed by atoms with van der Waals surface area (Å²) in [4.78, 5) is 11.6. The van der Waals surface area contributed by atoms with Crippen LogP contribution >= 0.6 is 11.6 Å². The maximum Gasteiger partial charge on any atom is 0.319 e. The second kappa shape index (κ2) is 6.82. The standard InChI is InChI=1S/C15H15ClN2O2/c16-12-3-5-13(6-4-12)18-15(20)17-10-9-11-1-7-14(19)8-2-11/h1-8,19H,9-10H2,(H2,17,18,20). The van der Waals surface area contributed by atoms with Crippen LogP contribution in [-0.2, 0) is 6.42 Å². The van der Waals surface area contributed by atoms with Gasteiger partial charge in [0.2, 0.25) is 0 Å². The number of phenols is 1. The summed E-state index contributed by atoms with van der Waals surface area (Å²) < 4.78 is 0. The van der Waals surface area contributed by atoms with E-state index in [1.54, 1.807) is 36.4 Å². The lowest BCUT2D eigenvalue weighted by Crippen LogP contribution is -2.30. The van der Waals surface area contributed by atoms with Gasteiger partial charge in [-0.1, -0.05) is 23.7 Å². The molecule has 2 amide bonds. The highest BCUT2D eigenvalue weighted by Gasteiger charge is 2.01. The molecular weight excluding hydrogens is 276 g/mol. The summed E-state index contributed by atoms with van der Waals surface area (Å²) in [6, 6.07) is 13.6. The molecule has 0 fully saturated rings. The number of carbonyl (C=O) groups is 1. The predicted molar refractivity (Wildman–Crippen MR) is 80.3 cm³/mol. The molecule has 0 spiro atoms. The average Bonchev–Trinajstić information content (AvgIpc) is 2.44. The van der Waals surface area contributed by atoms with Gasteiger partial charge in [-0.2, -0.15) is 0 Å². The quantitative estimate of drug-likeness (QED) is 0.808. The number of benzene rings is 2. The fourth-order valence-corrected chi connectivity index (χ4v) is 1.82. The zero-order chi connectivity index (χ0) is 14.4. The van der Waals surface area contributed by atoms with Crippen molar-refractivity contribution in [1.29, 1.82) is 0 Å². The molecule has 0 aromatic heterocycles. The van der Waals surface area contributed by atoms with Gasteiger partial charge in [-0.15, -0.1) is 0 Å². The largest absolute Gasteiger partial charge is 0.508 e. The van der Waals surface area contributed by atoms with Crippen molar-refractivity contribution in [3.05, 3.63) is 59.1 Å². The monoisotopic (exact) mass is 290 g/mol. The SMILES string of the molecule is O=C(NCCc1ccc(O)cc1)Nc1ccc(Cl)cc1. The Morgan fingerprint density at radius 3 is 2.35 bits per heavy atom. The number of nitrogens with one attached hydrogen (secondary N) is 2. The Kier molecular flexibility index (Phi) is 4.85. The van der Waals surface area contributed by atoms with Gasteiger partial charge in [0, 0.05) is 17.3 Å². The van der Waals surface area contributed by atoms with Gasteiger partial charge >= 0.3 is 6.03 Å². The van der Waals surface area contributed by atoms with Crippen LogP contribution in [0.2, 0.25) is 5.02 Å². The van der Waals surface area contributed by atoms with Gasteiger partial charge in [-0.3, -0.25) is 0 Å². The summed E-state index contributed by atoms with van der Waals surface area (Å²) in [5.41, 5.74) is 1.74. The average molecular weight is 291 g/mol. The van der Waals surface area contributed by atoms with Gasteiger partial charge in [0.15, 0.2) is 0 Å². The summed E-state index contributed by atoms with van der Waals surface area (Å²) in [6.07, 6.45) is 0.703. The van der Waals surface area contributed by atoms with Gasteiger partial charge in [0.25, 0.3) is 0 Å². The molecule has 4 nitrogen and oxygen atoms in total. The minimum Gasteiger partial charge on any atom is -0.508 e. The third-order valence-electron chi connectivity index (χ3n) is 2.74. The van der Waals surface area contributed by atoms with Crippen molar-refractivity contribution in [1.82, 2.24) is 5.32 Å². The molecule has 0 saturated heterocycles. The second-order valence-corrected chi connectivity index (χ2v) is 4.74. The number of phenolic OH excluding ortho intramolecular Hbond substituents is 1. The summed E-state index contributed by atoms with van der Waals surface area (Å²) >= 11 is 5.76. The van der Waals surface area contributed by atoms with E-state index in [1.165, 1.54) is 0 Å². The van der Waals surface area contributed by atoms with Gasteiger partial charge in [0.1, 0.15) is 5.75 Å². The van der Waals surface area contributed by atoms with Crippen LogP contribution in [0.4, 0.5) is 10.5 Å². The van der Waals surface area contributed by atoms with Crippen molar-refractivity contribution >= 4 is 23.3 Å². The molecule has 2 aromatic rings. The lowest BCUT2D eigenvalue weighted by atomic mass is 10.1. The molecule has 2 aromatic carbocycles. The van der Waals surface area contributed by atoms with Crippen molar-refractivity contribution < 1.29 is 9.90 Å². The molecule has 104 valence electrons. The Hall–Kier alpha value is -2.20. The normalized spacial score (nSPS) is 10.1. The van der Waals surface area contributed by atoms with Crippen molar-refractivity contribution in [2.75, 3.05) is 11.9 Å². The number of urea groups is 1. The molecule has 3 N–H and O–H groups in total. The molecule has 5 heteroatoms. The van der Waals surface area contributed by atoms with E-state index in [0.29, 0.717) is 23.7 Å². The minimum absolute atomic E-state index is 0.238. The maximum atomic E-state index is 11.6. The van der Waals surface area contributed by atoms with E-state index in [9.17, 15) is 4.79 Å². The summed E-state index contributed by atoms with van der Waals surface area (Å²) in [5.74, 6) is 0.238. The first-order chi connectivity index (χ1) is 9.63. The van der Waals surface area contributed by atoms with Crippen molar-refractivity contribution in [3.8, 4) is 5.75 Å². The molecule has 0 saturated carbocycles. The van der Waals surface area contributed by atoms with Crippen LogP contribution in [0.15, 0.2) is 48.5 Å². The van der Waals surface area contributed by atoms with Crippen molar-refractivity contribution in [3.63, 3.8) is 0 Å². The highest BCUT2D eigenvalue weighted by atomic mass is 35.5. The number of carbonyl (C=O) groups excluding carboxylic acids is 1. The van der Waals surface area contributed by atoms with E-state index < -0.39 is 0 Å². The first-order valence-electron chi connectivity index (χ1n) is 6.22. The van der Waals surface area contributed by atoms with Gasteiger partial charge < -0.3 is 15.7 Å². The minimum atomic E-state index is -0.258. The molecular formula is C15H15ClN2O2. The maximum absolute atomic E-state index is 11.6. The number of halogens is 1. The second-order valence-electron chi connectivity index (χ2n) is 4.30. The zero-order valence-corrected chi connectivity index (χ0v) is 11.5. The first kappa shape index (κ1) is 14.2. The molecule has 0 radical (unpaired) electrons. The van der Waals surface area contributed by atoms with Crippen molar-refractivity contribution in [2.24, 2.45) is 0 Å². The van der Waals surface area contributed by atoms with E-state index in [4.69, 9.17) is 16.7 Å². The van der Waals surface area contributed by atoms with Crippen molar-refractivity contribution in [2.45, 2.75) is 6.42 Å². The Balaban J connectivity index is 1.75. The number of amides is 2. The van der Waals surface area contributed by atoms with E-state index in [2.05, 4.69) is 10.6 Å². The van der Waals surface area contributed by atoms with Gasteiger partial charge in [0.05, 0.1) is 0 Å². The molecule has 0 atom stereocenters. The molecule has 0 bridgehead atoms. The fraction of sp³-hybridized carbons (Fsp3) is 0.133. The van der Waals surface area contributed by atoms with Crippen LogP contribution in [0, 0.1) is 0 Å². The number of rotatable bonds is 4. The summed E-state index contributed by atoms with van der Waals surface area (Å²) in [7, 11) is 0. The fourth-order valence-electron chi connectivity index (χ4n) is 1.69. The van der Waals surface area contributed by atoms with E-state index >= 15 is 0 Å². The number of hydrogen-bond donors (Lipinski definition) is 3. The summed E-state index contributed by atoms with van der Waals surface area (Å²) in [6.45, 7) is 0.518. The Morgan fingerprint density at radius 2 is 1.70 bits per heavy atom. The first-order valence-corrected chi connectivity index (χ1v) is 6.59. The van der Waals surface area contributed by atoms with Crippen LogP contribution in [-0.4, -0.2) is 17.7 Å². The molecule has 0 heterocycles. The number of anilines is 1. The zero-order valence-electron chi connectivity index (χ0n) is 10.8. The van der Waals surface area contributed by atoms with E-state index in [0.717, 1.165) is 5.56 Å². The molecule has 0 aliphatic carbocycles. The Labute approximate surface area is 122 Å². The van der Waals surface area contributed by atoms with Crippen LogP contribution < -0.4 is 10.6 Å². The van der Waals surface area contributed by atoms with Crippen LogP contribution in [0.25, 0.3) is 0 Å². The smallest absolute Gasteiger partial charge is 0.319 e. The molecule has 20 heavy (non-hydrogen) atoms. The van der Waals surface area contributed by atoms with Gasteiger partial charge in [-0.25, -0.2) is 4.79 Å². The highest BCUT2D eigenvalue weighted by Crippen LogP contribution is 2.13. The van der Waals surface area contributed by atoms with E-state index in [1.807, 2.05) is 12.1 Å². The lowest BCUT2D eigenvalue weighted by molar-refractivity contribution is 0.252. The van der Waals surface area contributed by atoms with E-state index in [-0.39, 0.29) is 11.8 Å². The Bertz CT molecular complexity index is 567. The Morgan fingerprint density at radius 1 is 1.05 bits per heavy atom. The third kappa shape index (κ3) is 4.48. The van der Waals surface area contributed by atoms with Crippen LogP contribution in [0.3, 0.4) is 0 Å². The third-order valence-corrected chi connectivity index (χ3v) is 2.99. The van der Waals surface area contributed by atoms with Gasteiger partial charge in [-0.05, 0) is 48.4 Å². The topological polar surface area (TPSA) is 61.4 Å². The highest BCUT2D eigenvalue weighted by molar-refractivity contribution is 6.30. The molecule has 0 aliphatic heterocycles. The number of aromatic hydroxyl groups is 1. The molecule has 0 unspecified atom stereocenters. The number of hydrogen-bond acceptors (Lipinski definition) is 2. The summed E-state index contributed by atoms with van der Waals surface area (Å²) in [5, 5.41) is 15.3. The lowest BCUT2D eigenvalue weighted by Gasteiger charge is -2.07. The predicted octanol–water partition coefficient (Wildman–Crippen LogP) is 3.41. The van der Waals surface area contributed by atoms with Crippen LogP contribution in [0.1, 0.15) is 5.56 Å². The van der Waals surface area contributed by atoms with Crippen LogP contribution in [0.5, 0.6) is 5.75 Å². The molecule has 2 rings (SSSR count). The molecule has 0 aliphatic rings.